The van der Waals surface area contributed by atoms with E-state index in [0.29, 0.717) is 30.0 Å². The molecule has 2 aliphatic rings. The van der Waals surface area contributed by atoms with Crippen molar-refractivity contribution in [3.63, 3.8) is 0 Å². The molecule has 0 radical (unpaired) electrons. The van der Waals surface area contributed by atoms with Gasteiger partial charge in [0.05, 0.1) is 11.3 Å². The van der Waals surface area contributed by atoms with Crippen LogP contribution in [0.2, 0.25) is 0 Å². The van der Waals surface area contributed by atoms with Crippen LogP contribution in [0.1, 0.15) is 18.9 Å². The number of carbonyl (C=O) groups excluding carboxylic acids is 1. The summed E-state index contributed by atoms with van der Waals surface area (Å²) >= 11 is 0. The molecule has 2 heterocycles. The van der Waals surface area contributed by atoms with Gasteiger partial charge in [-0.1, -0.05) is 6.92 Å². The summed E-state index contributed by atoms with van der Waals surface area (Å²) in [6.07, 6.45) is 1.01. The van der Waals surface area contributed by atoms with Gasteiger partial charge in [0.15, 0.2) is 0 Å². The molecule has 1 amide bonds. The number of anilines is 2. The molecule has 2 unspecified atom stereocenters. The summed E-state index contributed by atoms with van der Waals surface area (Å²) in [6, 6.07) is 3.37. The summed E-state index contributed by atoms with van der Waals surface area (Å²) in [5.74, 6) is 0.159. The summed E-state index contributed by atoms with van der Waals surface area (Å²) in [4.78, 5) is 24.4. The highest BCUT2D eigenvalue weighted by Gasteiger charge is 2.30. The number of hydrogen-bond acceptors (Lipinski definition) is 5. The van der Waals surface area contributed by atoms with Crippen molar-refractivity contribution in [2.75, 3.05) is 23.3 Å². The lowest BCUT2D eigenvalue weighted by Crippen LogP contribution is -2.46. The van der Waals surface area contributed by atoms with Crippen LogP contribution < -0.4 is 16.0 Å². The van der Waals surface area contributed by atoms with Gasteiger partial charge in [-0.2, -0.15) is 0 Å². The molecule has 2 aliphatic heterocycles. The topological polar surface area (TPSA) is 101 Å². The molecule has 3 rings (SSSR count). The van der Waals surface area contributed by atoms with E-state index in [9.17, 15) is 14.9 Å². The standard InChI is InChI=1S/C14H18N4O3/c1-8-7-17(3-2-10(8)15)12-6-11-9(5-14(19)16-11)4-13(12)18(20)21/h4,6,8,10H,2-3,5,7,15H2,1H3,(H,16,19). The van der Waals surface area contributed by atoms with Crippen molar-refractivity contribution in [2.45, 2.75) is 25.8 Å². The number of nitro benzene ring substituents is 1. The number of nitrogens with zero attached hydrogens (tertiary/aromatic N) is 2. The van der Waals surface area contributed by atoms with Crippen molar-refractivity contribution in [3.05, 3.63) is 27.8 Å². The predicted molar refractivity (Wildman–Crippen MR) is 79.4 cm³/mol. The number of piperidine rings is 1. The third-order valence-electron chi connectivity index (χ3n) is 4.33. The average molecular weight is 290 g/mol. The first kappa shape index (κ1) is 13.8. The van der Waals surface area contributed by atoms with E-state index in [-0.39, 0.29) is 34.9 Å². The van der Waals surface area contributed by atoms with Gasteiger partial charge in [-0.05, 0) is 24.0 Å². The Hall–Kier alpha value is -2.15. The lowest BCUT2D eigenvalue weighted by atomic mass is 9.94. The Bertz CT molecular complexity index is 616. The number of nitro groups is 1. The summed E-state index contributed by atoms with van der Waals surface area (Å²) in [5, 5.41) is 14.1. The van der Waals surface area contributed by atoms with Crippen LogP contribution in [0.3, 0.4) is 0 Å². The fourth-order valence-corrected chi connectivity index (χ4v) is 3.03. The zero-order valence-corrected chi connectivity index (χ0v) is 11.8. The van der Waals surface area contributed by atoms with Crippen molar-refractivity contribution < 1.29 is 9.72 Å². The normalized spacial score (nSPS) is 24.7. The number of nitrogens with two attached hydrogens (primary N) is 1. The van der Waals surface area contributed by atoms with Gasteiger partial charge in [-0.3, -0.25) is 14.9 Å². The first-order chi connectivity index (χ1) is 9.95. The van der Waals surface area contributed by atoms with Gasteiger partial charge in [0.2, 0.25) is 5.91 Å². The number of amides is 1. The average Bonchev–Trinajstić information content (AvgIpc) is 2.79. The van der Waals surface area contributed by atoms with Gasteiger partial charge in [-0.15, -0.1) is 0 Å². The fourth-order valence-electron chi connectivity index (χ4n) is 3.03. The molecule has 0 spiro atoms. The van der Waals surface area contributed by atoms with Crippen LogP contribution >= 0.6 is 0 Å². The first-order valence-electron chi connectivity index (χ1n) is 7.07. The largest absolute Gasteiger partial charge is 0.366 e. The van der Waals surface area contributed by atoms with E-state index < -0.39 is 0 Å². The van der Waals surface area contributed by atoms with Crippen LogP contribution in [0, 0.1) is 16.0 Å². The van der Waals surface area contributed by atoms with Crippen LogP contribution in [0.25, 0.3) is 0 Å². The van der Waals surface area contributed by atoms with E-state index in [4.69, 9.17) is 5.73 Å². The van der Waals surface area contributed by atoms with E-state index >= 15 is 0 Å². The van der Waals surface area contributed by atoms with Crippen molar-refractivity contribution in [2.24, 2.45) is 11.7 Å². The number of benzene rings is 1. The second-order valence-electron chi connectivity index (χ2n) is 5.86. The van der Waals surface area contributed by atoms with Crippen molar-refractivity contribution in [3.8, 4) is 0 Å². The van der Waals surface area contributed by atoms with Crippen LogP contribution in [0.4, 0.5) is 17.1 Å². The highest BCUT2D eigenvalue weighted by atomic mass is 16.6. The Kier molecular flexibility index (Phi) is 3.29. The molecular weight excluding hydrogens is 272 g/mol. The van der Waals surface area contributed by atoms with Crippen molar-refractivity contribution in [1.29, 1.82) is 0 Å². The number of hydrogen-bond donors (Lipinski definition) is 2. The molecule has 7 heteroatoms. The quantitative estimate of drug-likeness (QED) is 0.630. The Labute approximate surface area is 122 Å². The number of fused-ring (bicyclic) bond motifs is 1. The van der Waals surface area contributed by atoms with Crippen molar-refractivity contribution >= 4 is 23.0 Å². The number of nitrogens with one attached hydrogen (secondary N) is 1. The number of carbonyl (C=O) groups is 1. The lowest BCUT2D eigenvalue weighted by Gasteiger charge is -2.36. The van der Waals surface area contributed by atoms with Crippen LogP contribution in [0.5, 0.6) is 0 Å². The van der Waals surface area contributed by atoms with Gasteiger partial charge >= 0.3 is 0 Å². The maximum atomic E-state index is 11.5. The third kappa shape index (κ3) is 2.44. The van der Waals surface area contributed by atoms with E-state index in [2.05, 4.69) is 12.2 Å². The molecule has 112 valence electrons. The summed E-state index contributed by atoms with van der Waals surface area (Å²) in [7, 11) is 0. The molecule has 1 fully saturated rings. The van der Waals surface area contributed by atoms with E-state index in [1.165, 1.54) is 6.07 Å². The zero-order chi connectivity index (χ0) is 15.1. The Morgan fingerprint density at radius 3 is 2.90 bits per heavy atom. The lowest BCUT2D eigenvalue weighted by molar-refractivity contribution is -0.384. The third-order valence-corrected chi connectivity index (χ3v) is 4.33. The van der Waals surface area contributed by atoms with Crippen molar-refractivity contribution in [1.82, 2.24) is 0 Å². The van der Waals surface area contributed by atoms with Crippen LogP contribution in [-0.2, 0) is 11.2 Å². The fraction of sp³-hybridized carbons (Fsp3) is 0.500. The van der Waals surface area contributed by atoms with E-state index in [0.717, 1.165) is 6.42 Å². The zero-order valence-electron chi connectivity index (χ0n) is 11.8. The van der Waals surface area contributed by atoms with E-state index in [1.807, 2.05) is 4.90 Å². The Morgan fingerprint density at radius 2 is 2.24 bits per heavy atom. The monoisotopic (exact) mass is 290 g/mol. The van der Waals surface area contributed by atoms with Crippen LogP contribution in [-0.4, -0.2) is 30.0 Å². The van der Waals surface area contributed by atoms with Gasteiger partial charge in [0.1, 0.15) is 5.69 Å². The molecule has 0 saturated carbocycles. The molecule has 1 aromatic rings. The second-order valence-corrected chi connectivity index (χ2v) is 5.86. The highest BCUT2D eigenvalue weighted by Crippen LogP contribution is 2.38. The molecule has 21 heavy (non-hydrogen) atoms. The molecule has 7 nitrogen and oxygen atoms in total. The summed E-state index contributed by atoms with van der Waals surface area (Å²) < 4.78 is 0. The summed E-state index contributed by atoms with van der Waals surface area (Å²) in [5.41, 5.74) is 8.01. The van der Waals surface area contributed by atoms with Gasteiger partial charge in [-0.25, -0.2) is 0 Å². The molecule has 0 aliphatic carbocycles. The highest BCUT2D eigenvalue weighted by molar-refractivity contribution is 6.00. The van der Waals surface area contributed by atoms with E-state index in [1.54, 1.807) is 6.07 Å². The molecule has 0 bridgehead atoms. The maximum Gasteiger partial charge on any atom is 0.292 e. The Balaban J connectivity index is 1.99. The molecule has 1 saturated heterocycles. The van der Waals surface area contributed by atoms with Crippen LogP contribution in [0.15, 0.2) is 12.1 Å². The molecule has 1 aromatic carbocycles. The molecule has 0 aromatic heterocycles. The SMILES string of the molecule is CC1CN(c2cc3c(cc2[N+](=O)[O-])CC(=O)N3)CCC1N. The number of rotatable bonds is 2. The smallest absolute Gasteiger partial charge is 0.292 e. The van der Waals surface area contributed by atoms with Gasteiger partial charge in [0.25, 0.3) is 5.69 Å². The minimum Gasteiger partial charge on any atom is -0.366 e. The Morgan fingerprint density at radius 1 is 1.48 bits per heavy atom. The minimum absolute atomic E-state index is 0.0629. The first-order valence-corrected chi connectivity index (χ1v) is 7.07. The molecule has 3 N–H and O–H groups in total. The second kappa shape index (κ2) is 5.00. The predicted octanol–water partition coefficient (Wildman–Crippen LogP) is 1.26. The van der Waals surface area contributed by atoms with Gasteiger partial charge < -0.3 is 16.0 Å². The van der Waals surface area contributed by atoms with Gasteiger partial charge in [0, 0.05) is 30.9 Å². The minimum atomic E-state index is -0.377. The molecule has 2 atom stereocenters. The summed E-state index contributed by atoms with van der Waals surface area (Å²) in [6.45, 7) is 3.44. The molecular formula is C14H18N4O3. The maximum absolute atomic E-state index is 11.5.